The van der Waals surface area contributed by atoms with Gasteiger partial charge in [-0.25, -0.2) is 0 Å². The average molecular weight is 363 g/mol. The molecule has 0 bridgehead atoms. The van der Waals surface area contributed by atoms with Crippen molar-refractivity contribution in [2.24, 2.45) is 0 Å². The van der Waals surface area contributed by atoms with Gasteiger partial charge in [0.25, 0.3) is 0 Å². The van der Waals surface area contributed by atoms with Gasteiger partial charge < -0.3 is 14.5 Å². The number of aromatic hydroxyl groups is 1. The van der Waals surface area contributed by atoms with Crippen LogP contribution in [0.5, 0.6) is 5.75 Å². The second kappa shape index (κ2) is 8.35. The summed E-state index contributed by atoms with van der Waals surface area (Å²) >= 11 is 0. The first kappa shape index (κ1) is 17.7. The summed E-state index contributed by atoms with van der Waals surface area (Å²) in [6.45, 7) is 3.29. The zero-order chi connectivity index (χ0) is 18.5. The lowest BCUT2D eigenvalue weighted by Gasteiger charge is -2.32. The Balaban J connectivity index is 1.22. The third-order valence-corrected chi connectivity index (χ3v) is 5.32. The van der Waals surface area contributed by atoms with Crippen molar-refractivity contribution in [1.29, 1.82) is 0 Å². The molecule has 1 N–H and O–H groups in total. The zero-order valence-electron chi connectivity index (χ0n) is 15.4. The Kier molecular flexibility index (Phi) is 5.49. The number of hydrogen-bond donors (Lipinski definition) is 1. The Bertz CT molecular complexity index is 838. The first-order valence-electron chi connectivity index (χ1n) is 9.67. The summed E-state index contributed by atoms with van der Waals surface area (Å²) in [5, 5.41) is 13.5. The summed E-state index contributed by atoms with van der Waals surface area (Å²) in [4.78, 5) is 7.02. The molecule has 5 heteroatoms. The van der Waals surface area contributed by atoms with Gasteiger partial charge in [0.2, 0.25) is 11.7 Å². The summed E-state index contributed by atoms with van der Waals surface area (Å²) in [6, 6.07) is 17.6. The number of likely N-dealkylation sites (tertiary alicyclic amines) is 1. The van der Waals surface area contributed by atoms with E-state index in [1.165, 1.54) is 18.4 Å². The molecular formula is C22H25N3O2. The number of rotatable bonds is 6. The molecule has 1 fully saturated rings. The second-order valence-corrected chi connectivity index (χ2v) is 7.19. The molecule has 4 rings (SSSR count). The molecule has 3 aromatic rings. The summed E-state index contributed by atoms with van der Waals surface area (Å²) in [7, 11) is 0. The van der Waals surface area contributed by atoms with Crippen LogP contribution < -0.4 is 0 Å². The minimum absolute atomic E-state index is 0.340. The Morgan fingerprint density at radius 3 is 2.48 bits per heavy atom. The van der Waals surface area contributed by atoms with E-state index in [-0.39, 0.29) is 0 Å². The molecule has 0 amide bonds. The summed E-state index contributed by atoms with van der Waals surface area (Å²) in [6.07, 6.45) is 4.19. The van der Waals surface area contributed by atoms with Crippen molar-refractivity contribution in [3.8, 4) is 17.1 Å². The fourth-order valence-electron chi connectivity index (χ4n) is 3.75. The maximum absolute atomic E-state index is 9.43. The van der Waals surface area contributed by atoms with Crippen molar-refractivity contribution >= 4 is 0 Å². The molecule has 0 spiro atoms. The van der Waals surface area contributed by atoms with Gasteiger partial charge in [-0.1, -0.05) is 47.6 Å². The Morgan fingerprint density at radius 2 is 1.74 bits per heavy atom. The van der Waals surface area contributed by atoms with Gasteiger partial charge in [-0.05, 0) is 62.5 Å². The van der Waals surface area contributed by atoms with Gasteiger partial charge in [-0.2, -0.15) is 4.98 Å². The second-order valence-electron chi connectivity index (χ2n) is 7.19. The molecule has 0 atom stereocenters. The SMILES string of the molecule is Oc1ccc(C2CCN(CCCc3nc(-c4ccccc4)no3)CC2)cc1. The fraction of sp³-hybridized carbons (Fsp3) is 0.364. The topological polar surface area (TPSA) is 62.4 Å². The van der Waals surface area contributed by atoms with Crippen LogP contribution in [0.25, 0.3) is 11.4 Å². The standard InChI is InChI=1S/C22H25N3O2/c26-20-10-8-17(9-11-20)18-12-15-25(16-13-18)14-4-7-21-23-22(24-27-21)19-5-2-1-3-6-19/h1-3,5-6,8-11,18,26H,4,7,12-16H2. The largest absolute Gasteiger partial charge is 0.508 e. The predicted octanol–water partition coefficient (Wildman–Crippen LogP) is 4.25. The normalized spacial score (nSPS) is 15.9. The third kappa shape index (κ3) is 4.55. The van der Waals surface area contributed by atoms with E-state index in [1.807, 2.05) is 30.3 Å². The predicted molar refractivity (Wildman–Crippen MR) is 105 cm³/mol. The minimum atomic E-state index is 0.340. The maximum atomic E-state index is 9.43. The minimum Gasteiger partial charge on any atom is -0.508 e. The van der Waals surface area contributed by atoms with Crippen LogP contribution in [0, 0.1) is 0 Å². The molecule has 27 heavy (non-hydrogen) atoms. The number of aryl methyl sites for hydroxylation is 1. The van der Waals surface area contributed by atoms with Crippen LogP contribution in [0.4, 0.5) is 0 Å². The first-order valence-corrected chi connectivity index (χ1v) is 9.67. The van der Waals surface area contributed by atoms with Crippen molar-refractivity contribution in [3.05, 3.63) is 66.1 Å². The van der Waals surface area contributed by atoms with E-state index in [4.69, 9.17) is 4.52 Å². The molecular weight excluding hydrogens is 338 g/mol. The summed E-state index contributed by atoms with van der Waals surface area (Å²) < 4.78 is 5.39. The molecule has 0 radical (unpaired) electrons. The highest BCUT2D eigenvalue weighted by Gasteiger charge is 2.20. The van der Waals surface area contributed by atoms with Gasteiger partial charge in [-0.3, -0.25) is 0 Å². The lowest BCUT2D eigenvalue weighted by atomic mass is 9.89. The van der Waals surface area contributed by atoms with Crippen molar-refractivity contribution < 1.29 is 9.63 Å². The monoisotopic (exact) mass is 363 g/mol. The van der Waals surface area contributed by atoms with E-state index >= 15 is 0 Å². The molecule has 1 aliphatic rings. The quantitative estimate of drug-likeness (QED) is 0.709. The van der Waals surface area contributed by atoms with Gasteiger partial charge in [-0.15, -0.1) is 0 Å². The van der Waals surface area contributed by atoms with E-state index in [9.17, 15) is 5.11 Å². The zero-order valence-corrected chi connectivity index (χ0v) is 15.4. The van der Waals surface area contributed by atoms with Gasteiger partial charge in [0.1, 0.15) is 5.75 Å². The van der Waals surface area contributed by atoms with E-state index in [0.717, 1.165) is 38.0 Å². The molecule has 1 saturated heterocycles. The Morgan fingerprint density at radius 1 is 1.00 bits per heavy atom. The Hall–Kier alpha value is -2.66. The Labute approximate surface area is 159 Å². The summed E-state index contributed by atoms with van der Waals surface area (Å²) in [5.41, 5.74) is 2.33. The lowest BCUT2D eigenvalue weighted by Crippen LogP contribution is -2.33. The molecule has 2 heterocycles. The highest BCUT2D eigenvalue weighted by atomic mass is 16.5. The number of aromatic nitrogens is 2. The molecule has 5 nitrogen and oxygen atoms in total. The number of piperidine rings is 1. The van der Waals surface area contributed by atoms with Crippen LogP contribution in [0.1, 0.15) is 36.6 Å². The fourth-order valence-corrected chi connectivity index (χ4v) is 3.75. The van der Waals surface area contributed by atoms with Gasteiger partial charge in [0.05, 0.1) is 0 Å². The number of benzene rings is 2. The van der Waals surface area contributed by atoms with Crippen molar-refractivity contribution in [3.63, 3.8) is 0 Å². The van der Waals surface area contributed by atoms with Crippen LogP contribution in [-0.4, -0.2) is 39.8 Å². The summed E-state index contributed by atoms with van der Waals surface area (Å²) in [5.74, 6) is 2.33. The molecule has 2 aromatic carbocycles. The third-order valence-electron chi connectivity index (χ3n) is 5.32. The molecule has 0 aliphatic carbocycles. The molecule has 0 saturated carbocycles. The van der Waals surface area contributed by atoms with Crippen molar-refractivity contribution in [1.82, 2.24) is 15.0 Å². The van der Waals surface area contributed by atoms with Crippen LogP contribution >= 0.6 is 0 Å². The first-order chi connectivity index (χ1) is 13.3. The molecule has 0 unspecified atom stereocenters. The van der Waals surface area contributed by atoms with E-state index in [2.05, 4.69) is 27.2 Å². The average Bonchev–Trinajstić information content (AvgIpc) is 3.19. The number of phenols is 1. The lowest BCUT2D eigenvalue weighted by molar-refractivity contribution is 0.208. The number of hydrogen-bond acceptors (Lipinski definition) is 5. The van der Waals surface area contributed by atoms with Crippen molar-refractivity contribution in [2.45, 2.75) is 31.6 Å². The smallest absolute Gasteiger partial charge is 0.227 e. The molecule has 1 aromatic heterocycles. The van der Waals surface area contributed by atoms with Crippen LogP contribution in [0.2, 0.25) is 0 Å². The van der Waals surface area contributed by atoms with Crippen LogP contribution in [-0.2, 0) is 6.42 Å². The maximum Gasteiger partial charge on any atom is 0.227 e. The number of nitrogens with zero attached hydrogens (tertiary/aromatic N) is 3. The molecule has 140 valence electrons. The van der Waals surface area contributed by atoms with E-state index < -0.39 is 0 Å². The van der Waals surface area contributed by atoms with Crippen LogP contribution in [0.15, 0.2) is 59.1 Å². The van der Waals surface area contributed by atoms with E-state index in [1.54, 1.807) is 12.1 Å². The van der Waals surface area contributed by atoms with Gasteiger partial charge in [0, 0.05) is 12.0 Å². The molecule has 1 aliphatic heterocycles. The van der Waals surface area contributed by atoms with Crippen LogP contribution in [0.3, 0.4) is 0 Å². The number of phenolic OH excluding ortho intramolecular Hbond substituents is 1. The highest BCUT2D eigenvalue weighted by Crippen LogP contribution is 2.29. The van der Waals surface area contributed by atoms with E-state index in [0.29, 0.717) is 23.4 Å². The van der Waals surface area contributed by atoms with Crippen molar-refractivity contribution in [2.75, 3.05) is 19.6 Å². The van der Waals surface area contributed by atoms with Gasteiger partial charge >= 0.3 is 0 Å². The van der Waals surface area contributed by atoms with Gasteiger partial charge in [0.15, 0.2) is 0 Å². The highest BCUT2D eigenvalue weighted by molar-refractivity contribution is 5.53.